The third kappa shape index (κ3) is 3.71. The summed E-state index contributed by atoms with van der Waals surface area (Å²) in [4.78, 5) is 11.7. The molecule has 1 aromatic carbocycles. The normalized spacial score (nSPS) is 12.6. The number of rotatable bonds is 3. The van der Waals surface area contributed by atoms with E-state index in [1.807, 2.05) is 0 Å². The van der Waals surface area contributed by atoms with Crippen LogP contribution in [0.4, 0.5) is 17.6 Å². The minimum atomic E-state index is -4.64. The highest BCUT2D eigenvalue weighted by atomic mass is 19.4. The molecule has 1 rings (SSSR count). The zero-order chi connectivity index (χ0) is 14.6. The Hall–Kier alpha value is -2.03. The third-order valence-electron chi connectivity index (χ3n) is 2.45. The van der Waals surface area contributed by atoms with Gasteiger partial charge >= 0.3 is 6.18 Å². The van der Waals surface area contributed by atoms with Crippen LogP contribution in [0.1, 0.15) is 29.3 Å². The first-order chi connectivity index (χ1) is 8.79. The zero-order valence-corrected chi connectivity index (χ0v) is 10.0. The Labute approximate surface area is 107 Å². The molecule has 1 aromatic rings. The Kier molecular flexibility index (Phi) is 4.54. The monoisotopic (exact) mass is 273 g/mol. The van der Waals surface area contributed by atoms with Crippen molar-refractivity contribution in [3.8, 4) is 12.3 Å². The number of hydrogen-bond acceptors (Lipinski definition) is 1. The van der Waals surface area contributed by atoms with Gasteiger partial charge in [0.05, 0.1) is 17.2 Å². The molecule has 0 heterocycles. The van der Waals surface area contributed by atoms with Crippen molar-refractivity contribution in [1.82, 2.24) is 5.32 Å². The number of halogens is 4. The van der Waals surface area contributed by atoms with Crippen molar-refractivity contribution in [2.75, 3.05) is 0 Å². The predicted octanol–water partition coefficient (Wildman–Crippen LogP) is 2.99. The SMILES string of the molecule is C#CC(CC)NC(=O)c1cc(C(F)(F)F)ccc1F. The van der Waals surface area contributed by atoms with Crippen molar-refractivity contribution in [2.45, 2.75) is 25.6 Å². The highest BCUT2D eigenvalue weighted by Crippen LogP contribution is 2.30. The second-order valence-electron chi connectivity index (χ2n) is 3.79. The average Bonchev–Trinajstić information content (AvgIpc) is 2.34. The van der Waals surface area contributed by atoms with Crippen LogP contribution in [0.25, 0.3) is 0 Å². The number of carbonyl (C=O) groups excluding carboxylic acids is 1. The highest BCUT2D eigenvalue weighted by Gasteiger charge is 2.32. The molecule has 1 atom stereocenters. The number of benzene rings is 1. The molecular formula is C13H11F4NO. The summed E-state index contributed by atoms with van der Waals surface area (Å²) in [5.74, 6) is 0.245. The quantitative estimate of drug-likeness (QED) is 0.665. The van der Waals surface area contributed by atoms with Crippen LogP contribution in [0, 0.1) is 18.2 Å². The molecular weight excluding hydrogens is 262 g/mol. The number of amides is 1. The Morgan fingerprint density at radius 3 is 2.58 bits per heavy atom. The zero-order valence-electron chi connectivity index (χ0n) is 10.0. The maximum Gasteiger partial charge on any atom is 0.416 e. The van der Waals surface area contributed by atoms with Gasteiger partial charge in [0.1, 0.15) is 5.82 Å². The maximum atomic E-state index is 13.4. The first-order valence-corrected chi connectivity index (χ1v) is 5.43. The molecule has 0 aromatic heterocycles. The molecule has 0 aliphatic rings. The van der Waals surface area contributed by atoms with E-state index in [4.69, 9.17) is 6.42 Å². The van der Waals surface area contributed by atoms with Gasteiger partial charge in [0.15, 0.2) is 0 Å². The van der Waals surface area contributed by atoms with Crippen LogP contribution in [0.3, 0.4) is 0 Å². The predicted molar refractivity (Wildman–Crippen MR) is 61.8 cm³/mol. The third-order valence-corrected chi connectivity index (χ3v) is 2.45. The molecule has 0 fully saturated rings. The standard InChI is InChI=1S/C13H11F4NO/c1-3-9(4-2)18-12(19)10-7-8(13(15,16)17)5-6-11(10)14/h1,5-7,9H,4H2,2H3,(H,18,19). The first kappa shape index (κ1) is 15.0. The number of nitrogens with one attached hydrogen (secondary N) is 1. The molecule has 1 unspecified atom stereocenters. The summed E-state index contributed by atoms with van der Waals surface area (Å²) in [6.07, 6.45) is 0.860. The molecule has 2 nitrogen and oxygen atoms in total. The fraction of sp³-hybridized carbons (Fsp3) is 0.308. The van der Waals surface area contributed by atoms with Crippen molar-refractivity contribution in [1.29, 1.82) is 0 Å². The molecule has 6 heteroatoms. The molecule has 0 saturated heterocycles. The minimum absolute atomic E-state index is 0.392. The molecule has 102 valence electrons. The number of alkyl halides is 3. The summed E-state index contributed by atoms with van der Waals surface area (Å²) in [6.45, 7) is 1.69. The van der Waals surface area contributed by atoms with E-state index < -0.39 is 35.1 Å². The van der Waals surface area contributed by atoms with Gasteiger partial charge in [0, 0.05) is 0 Å². The summed E-state index contributed by atoms with van der Waals surface area (Å²) >= 11 is 0. The lowest BCUT2D eigenvalue weighted by molar-refractivity contribution is -0.137. The van der Waals surface area contributed by atoms with E-state index in [2.05, 4.69) is 11.2 Å². The maximum absolute atomic E-state index is 13.4. The van der Waals surface area contributed by atoms with Gasteiger partial charge in [-0.3, -0.25) is 4.79 Å². The lowest BCUT2D eigenvalue weighted by atomic mass is 10.1. The molecule has 19 heavy (non-hydrogen) atoms. The summed E-state index contributed by atoms with van der Waals surface area (Å²) < 4.78 is 50.8. The Morgan fingerprint density at radius 2 is 2.11 bits per heavy atom. The van der Waals surface area contributed by atoms with Crippen LogP contribution in [-0.2, 0) is 6.18 Å². The molecule has 0 saturated carbocycles. The second kappa shape index (κ2) is 5.74. The summed E-state index contributed by atoms with van der Waals surface area (Å²) in [5.41, 5.74) is -1.77. The smallest absolute Gasteiger partial charge is 0.338 e. The van der Waals surface area contributed by atoms with Gasteiger partial charge in [-0.2, -0.15) is 13.2 Å². The van der Waals surface area contributed by atoms with Crippen LogP contribution >= 0.6 is 0 Å². The van der Waals surface area contributed by atoms with E-state index >= 15 is 0 Å². The van der Waals surface area contributed by atoms with E-state index in [9.17, 15) is 22.4 Å². The molecule has 0 radical (unpaired) electrons. The van der Waals surface area contributed by atoms with Crippen molar-refractivity contribution in [2.24, 2.45) is 0 Å². The molecule has 1 amide bonds. The number of terminal acetylenes is 1. The van der Waals surface area contributed by atoms with Crippen LogP contribution in [0.15, 0.2) is 18.2 Å². The van der Waals surface area contributed by atoms with Crippen LogP contribution in [-0.4, -0.2) is 11.9 Å². The first-order valence-electron chi connectivity index (χ1n) is 5.43. The second-order valence-corrected chi connectivity index (χ2v) is 3.79. The molecule has 0 spiro atoms. The van der Waals surface area contributed by atoms with E-state index in [1.165, 1.54) is 0 Å². The molecule has 1 N–H and O–H groups in total. The van der Waals surface area contributed by atoms with Gasteiger partial charge in [-0.15, -0.1) is 6.42 Å². The van der Waals surface area contributed by atoms with Crippen molar-refractivity contribution < 1.29 is 22.4 Å². The fourth-order valence-electron chi connectivity index (χ4n) is 1.37. The van der Waals surface area contributed by atoms with Gasteiger partial charge < -0.3 is 5.32 Å². The summed E-state index contributed by atoms with van der Waals surface area (Å²) in [5, 5.41) is 2.27. The molecule has 0 aliphatic carbocycles. The van der Waals surface area contributed by atoms with Gasteiger partial charge in [0.25, 0.3) is 5.91 Å². The summed E-state index contributed by atoms with van der Waals surface area (Å²) in [6, 6.07) is 0.994. The Morgan fingerprint density at radius 1 is 1.47 bits per heavy atom. The number of hydrogen-bond donors (Lipinski definition) is 1. The van der Waals surface area contributed by atoms with Gasteiger partial charge in [0.2, 0.25) is 0 Å². The van der Waals surface area contributed by atoms with Crippen LogP contribution in [0.2, 0.25) is 0 Å². The van der Waals surface area contributed by atoms with Crippen LogP contribution in [0.5, 0.6) is 0 Å². The average molecular weight is 273 g/mol. The lowest BCUT2D eigenvalue weighted by Gasteiger charge is -2.13. The van der Waals surface area contributed by atoms with Crippen LogP contribution < -0.4 is 5.32 Å². The van der Waals surface area contributed by atoms with Crippen molar-refractivity contribution in [3.63, 3.8) is 0 Å². The van der Waals surface area contributed by atoms with E-state index in [-0.39, 0.29) is 0 Å². The van der Waals surface area contributed by atoms with Crippen molar-refractivity contribution >= 4 is 5.91 Å². The molecule has 0 aliphatic heterocycles. The van der Waals surface area contributed by atoms with E-state index in [0.717, 1.165) is 0 Å². The van der Waals surface area contributed by atoms with Crippen molar-refractivity contribution in [3.05, 3.63) is 35.1 Å². The topological polar surface area (TPSA) is 29.1 Å². The van der Waals surface area contributed by atoms with E-state index in [0.29, 0.717) is 24.6 Å². The minimum Gasteiger partial charge on any atom is -0.338 e. The Balaban J connectivity index is 3.06. The lowest BCUT2D eigenvalue weighted by Crippen LogP contribution is -2.33. The highest BCUT2D eigenvalue weighted by molar-refractivity contribution is 5.95. The van der Waals surface area contributed by atoms with E-state index in [1.54, 1.807) is 6.92 Å². The van der Waals surface area contributed by atoms with Gasteiger partial charge in [-0.1, -0.05) is 12.8 Å². The summed E-state index contributed by atoms with van der Waals surface area (Å²) in [7, 11) is 0. The Bertz CT molecular complexity index is 516. The fourth-order valence-corrected chi connectivity index (χ4v) is 1.37. The molecule has 0 bridgehead atoms. The van der Waals surface area contributed by atoms with Gasteiger partial charge in [-0.05, 0) is 24.6 Å². The number of carbonyl (C=O) groups is 1. The van der Waals surface area contributed by atoms with Gasteiger partial charge in [-0.25, -0.2) is 4.39 Å². The largest absolute Gasteiger partial charge is 0.416 e.